The molecule has 3 aromatic heterocycles. The van der Waals surface area contributed by atoms with Gasteiger partial charge >= 0.3 is 0 Å². The average Bonchev–Trinajstić information content (AvgIpc) is 3.15. The first-order chi connectivity index (χ1) is 14.3. The Morgan fingerprint density at radius 3 is 1.52 bits per heavy atom. The lowest BCUT2D eigenvalue weighted by atomic mass is 10.1. The van der Waals surface area contributed by atoms with Gasteiger partial charge < -0.3 is 4.98 Å². The summed E-state index contributed by atoms with van der Waals surface area (Å²) in [5.41, 5.74) is 6.49. The summed E-state index contributed by atoms with van der Waals surface area (Å²) in [4.78, 5) is 12.2. The van der Waals surface area contributed by atoms with Crippen molar-refractivity contribution in [3.05, 3.63) is 108 Å². The van der Waals surface area contributed by atoms with Crippen LogP contribution in [-0.4, -0.2) is 15.0 Å². The molecule has 5 rings (SSSR count). The number of nitrogens with zero attached hydrogens (tertiary/aromatic N) is 2. The van der Waals surface area contributed by atoms with E-state index in [0.29, 0.717) is 0 Å². The quantitative estimate of drug-likeness (QED) is 0.393. The van der Waals surface area contributed by atoms with Crippen LogP contribution in [0.25, 0.3) is 46.1 Å². The van der Waals surface area contributed by atoms with E-state index in [2.05, 4.69) is 63.5 Å². The molecular formula is C26H19N3. The van der Waals surface area contributed by atoms with Gasteiger partial charge in [0.2, 0.25) is 0 Å². The maximum Gasteiger partial charge on any atom is 0.0629 e. The zero-order chi connectivity index (χ0) is 19.5. The molecule has 0 atom stereocenters. The van der Waals surface area contributed by atoms with Gasteiger partial charge in [0.1, 0.15) is 0 Å². The minimum Gasteiger partial charge on any atom is -0.355 e. The Morgan fingerprint density at radius 2 is 1.07 bits per heavy atom. The summed E-state index contributed by atoms with van der Waals surface area (Å²) in [7, 11) is 0. The van der Waals surface area contributed by atoms with E-state index in [1.165, 1.54) is 10.8 Å². The van der Waals surface area contributed by atoms with Gasteiger partial charge in [-0.05, 0) is 71.8 Å². The highest BCUT2D eigenvalue weighted by atomic mass is 14.7. The Labute approximate surface area is 169 Å². The number of hydrogen-bond donors (Lipinski definition) is 1. The second-order valence-corrected chi connectivity index (χ2v) is 6.91. The molecule has 0 saturated heterocycles. The highest BCUT2D eigenvalue weighted by Crippen LogP contribution is 2.28. The first kappa shape index (κ1) is 17.1. The Bertz CT molecular complexity index is 1230. The average molecular weight is 373 g/mol. The molecule has 138 valence electrons. The maximum atomic E-state index is 4.35. The SMILES string of the molecule is C(=C\c1ccccn1)/c1ccc2[nH]c3ccc(/C=C/c4ccccn4)cc3c2c1. The third-order valence-electron chi connectivity index (χ3n) is 4.92. The van der Waals surface area contributed by atoms with Crippen molar-refractivity contribution in [3.8, 4) is 0 Å². The molecule has 5 aromatic rings. The Morgan fingerprint density at radius 1 is 0.552 bits per heavy atom. The predicted molar refractivity (Wildman–Crippen MR) is 122 cm³/mol. The van der Waals surface area contributed by atoms with Gasteiger partial charge in [0.05, 0.1) is 11.4 Å². The van der Waals surface area contributed by atoms with Gasteiger partial charge in [-0.1, -0.05) is 36.4 Å². The minimum atomic E-state index is 0.952. The molecule has 0 aliphatic rings. The van der Waals surface area contributed by atoms with Crippen LogP contribution in [0.3, 0.4) is 0 Å². The summed E-state index contributed by atoms with van der Waals surface area (Å²) in [6, 6.07) is 24.8. The van der Waals surface area contributed by atoms with Crippen LogP contribution >= 0.6 is 0 Å². The lowest BCUT2D eigenvalue weighted by molar-refractivity contribution is 1.30. The molecule has 0 unspecified atom stereocenters. The van der Waals surface area contributed by atoms with Crippen molar-refractivity contribution in [1.29, 1.82) is 0 Å². The van der Waals surface area contributed by atoms with Crippen molar-refractivity contribution >= 4 is 46.1 Å². The number of benzene rings is 2. The van der Waals surface area contributed by atoms with Crippen LogP contribution in [0.2, 0.25) is 0 Å². The number of pyridine rings is 2. The van der Waals surface area contributed by atoms with Crippen molar-refractivity contribution in [2.45, 2.75) is 0 Å². The number of aromatic nitrogens is 3. The van der Waals surface area contributed by atoms with E-state index in [1.807, 2.05) is 60.9 Å². The Balaban J connectivity index is 1.51. The first-order valence-corrected chi connectivity index (χ1v) is 9.59. The summed E-state index contributed by atoms with van der Waals surface area (Å²) >= 11 is 0. The summed E-state index contributed by atoms with van der Waals surface area (Å²) < 4.78 is 0. The third-order valence-corrected chi connectivity index (χ3v) is 4.92. The largest absolute Gasteiger partial charge is 0.355 e. The van der Waals surface area contributed by atoms with E-state index < -0.39 is 0 Å². The summed E-state index contributed by atoms with van der Waals surface area (Å²) in [6.07, 6.45) is 11.9. The van der Waals surface area contributed by atoms with E-state index in [4.69, 9.17) is 0 Å². The molecule has 2 aromatic carbocycles. The molecule has 29 heavy (non-hydrogen) atoms. The maximum absolute atomic E-state index is 4.35. The van der Waals surface area contributed by atoms with Crippen molar-refractivity contribution in [2.24, 2.45) is 0 Å². The fraction of sp³-hybridized carbons (Fsp3) is 0. The molecule has 1 N–H and O–H groups in total. The number of H-pyrrole nitrogens is 1. The normalized spacial score (nSPS) is 11.9. The summed E-state index contributed by atoms with van der Waals surface area (Å²) in [6.45, 7) is 0. The van der Waals surface area contributed by atoms with E-state index in [0.717, 1.165) is 33.5 Å². The van der Waals surface area contributed by atoms with E-state index in [1.54, 1.807) is 0 Å². The van der Waals surface area contributed by atoms with E-state index in [-0.39, 0.29) is 0 Å². The highest BCUT2D eigenvalue weighted by molar-refractivity contribution is 6.08. The fourth-order valence-corrected chi connectivity index (χ4v) is 3.45. The number of nitrogens with one attached hydrogen (secondary N) is 1. The Kier molecular flexibility index (Phi) is 4.47. The van der Waals surface area contributed by atoms with Crippen LogP contribution in [0.15, 0.2) is 85.2 Å². The lowest BCUT2D eigenvalue weighted by Crippen LogP contribution is -1.78. The van der Waals surface area contributed by atoms with Crippen LogP contribution < -0.4 is 0 Å². The van der Waals surface area contributed by atoms with Gasteiger partial charge in [-0.25, -0.2) is 0 Å². The molecule has 0 fully saturated rings. The van der Waals surface area contributed by atoms with Gasteiger partial charge in [0, 0.05) is 34.2 Å². The standard InChI is InChI=1S/C26H19N3/c1-3-15-27-21(5-1)11-7-19-9-13-25-23(17-19)24-18-20(10-14-26(24)29-25)8-12-22-6-2-4-16-28-22/h1-18,29H/b11-7+,12-8+. The van der Waals surface area contributed by atoms with Crippen molar-refractivity contribution < 1.29 is 0 Å². The van der Waals surface area contributed by atoms with Crippen LogP contribution in [0.1, 0.15) is 22.5 Å². The van der Waals surface area contributed by atoms with Crippen molar-refractivity contribution in [3.63, 3.8) is 0 Å². The predicted octanol–water partition coefficient (Wildman–Crippen LogP) is 6.45. The highest BCUT2D eigenvalue weighted by Gasteiger charge is 2.05. The number of rotatable bonds is 4. The zero-order valence-electron chi connectivity index (χ0n) is 15.8. The van der Waals surface area contributed by atoms with Gasteiger partial charge in [0.15, 0.2) is 0 Å². The number of hydrogen-bond acceptors (Lipinski definition) is 2. The first-order valence-electron chi connectivity index (χ1n) is 9.59. The minimum absolute atomic E-state index is 0.952. The van der Waals surface area contributed by atoms with Gasteiger partial charge in [-0.15, -0.1) is 0 Å². The molecule has 0 saturated carbocycles. The second-order valence-electron chi connectivity index (χ2n) is 6.91. The molecule has 3 heteroatoms. The van der Waals surface area contributed by atoms with Crippen molar-refractivity contribution in [2.75, 3.05) is 0 Å². The fourth-order valence-electron chi connectivity index (χ4n) is 3.45. The molecule has 0 aliphatic heterocycles. The van der Waals surface area contributed by atoms with Crippen LogP contribution in [0.5, 0.6) is 0 Å². The molecule has 3 nitrogen and oxygen atoms in total. The molecule has 0 spiro atoms. The molecule has 0 radical (unpaired) electrons. The van der Waals surface area contributed by atoms with E-state index in [9.17, 15) is 0 Å². The lowest BCUT2D eigenvalue weighted by Gasteiger charge is -1.98. The summed E-state index contributed by atoms with van der Waals surface area (Å²) in [5, 5.41) is 2.44. The van der Waals surface area contributed by atoms with Crippen LogP contribution in [-0.2, 0) is 0 Å². The topological polar surface area (TPSA) is 41.6 Å². The third kappa shape index (κ3) is 3.71. The monoisotopic (exact) mass is 373 g/mol. The van der Waals surface area contributed by atoms with Crippen LogP contribution in [0, 0.1) is 0 Å². The Hall–Kier alpha value is -3.98. The summed E-state index contributed by atoms with van der Waals surface area (Å²) in [5.74, 6) is 0. The van der Waals surface area contributed by atoms with E-state index >= 15 is 0 Å². The number of fused-ring (bicyclic) bond motifs is 3. The zero-order valence-corrected chi connectivity index (χ0v) is 15.8. The van der Waals surface area contributed by atoms with Gasteiger partial charge in [-0.3, -0.25) is 9.97 Å². The molecule has 0 bridgehead atoms. The van der Waals surface area contributed by atoms with Gasteiger partial charge in [-0.2, -0.15) is 0 Å². The molecule has 0 aliphatic carbocycles. The smallest absolute Gasteiger partial charge is 0.0629 e. The molecule has 0 amide bonds. The van der Waals surface area contributed by atoms with Crippen molar-refractivity contribution in [1.82, 2.24) is 15.0 Å². The second kappa shape index (κ2) is 7.56. The van der Waals surface area contributed by atoms with Gasteiger partial charge in [0.25, 0.3) is 0 Å². The molecular weight excluding hydrogens is 354 g/mol. The molecule has 3 heterocycles. The number of aromatic amines is 1. The van der Waals surface area contributed by atoms with Crippen LogP contribution in [0.4, 0.5) is 0 Å².